The Labute approximate surface area is 199 Å². The Hall–Kier alpha value is -3.84. The highest BCUT2D eigenvalue weighted by molar-refractivity contribution is 7.22. The van der Waals surface area contributed by atoms with Crippen molar-refractivity contribution in [1.82, 2.24) is 4.98 Å². The van der Waals surface area contributed by atoms with Crippen molar-refractivity contribution >= 4 is 44.1 Å². The summed E-state index contributed by atoms with van der Waals surface area (Å²) in [6, 6.07) is 19.6. The van der Waals surface area contributed by atoms with Crippen LogP contribution < -0.4 is 4.90 Å². The second-order valence-corrected chi connectivity index (χ2v) is 9.47. The van der Waals surface area contributed by atoms with Gasteiger partial charge in [0.15, 0.2) is 5.13 Å². The van der Waals surface area contributed by atoms with Crippen LogP contribution in [0.15, 0.2) is 78.4 Å². The Morgan fingerprint density at radius 1 is 1.03 bits per heavy atom. The lowest BCUT2D eigenvalue weighted by molar-refractivity contribution is -0.132. The minimum atomic E-state index is -0.869. The third kappa shape index (κ3) is 3.68. The number of rotatable bonds is 4. The van der Waals surface area contributed by atoms with Gasteiger partial charge in [-0.1, -0.05) is 79.8 Å². The smallest absolute Gasteiger partial charge is 0.301 e. The molecule has 5 rings (SSSR count). The van der Waals surface area contributed by atoms with Crippen molar-refractivity contribution in [3.05, 3.63) is 101 Å². The van der Waals surface area contributed by atoms with Gasteiger partial charge in [0.2, 0.25) is 0 Å². The van der Waals surface area contributed by atoms with Crippen LogP contribution in [0.25, 0.3) is 16.0 Å². The molecule has 2 heterocycles. The summed E-state index contributed by atoms with van der Waals surface area (Å²) in [7, 11) is 0. The normalized spacial score (nSPS) is 17.8. The van der Waals surface area contributed by atoms with Crippen molar-refractivity contribution in [2.75, 3.05) is 4.90 Å². The monoisotopic (exact) mass is 472 g/mol. The Bertz CT molecular complexity index is 1440. The summed E-state index contributed by atoms with van der Waals surface area (Å²) < 4.78 is 14.3. The molecule has 0 aliphatic carbocycles. The first-order chi connectivity index (χ1) is 16.3. The van der Waals surface area contributed by atoms with Crippen molar-refractivity contribution in [3.63, 3.8) is 0 Å². The van der Waals surface area contributed by atoms with Crippen molar-refractivity contribution in [2.45, 2.75) is 25.8 Å². The number of hydrogen-bond donors (Lipinski definition) is 1. The zero-order valence-electron chi connectivity index (χ0n) is 18.5. The number of anilines is 1. The zero-order chi connectivity index (χ0) is 24.0. The van der Waals surface area contributed by atoms with Gasteiger partial charge >= 0.3 is 5.91 Å². The van der Waals surface area contributed by atoms with Crippen molar-refractivity contribution in [2.24, 2.45) is 0 Å². The summed E-state index contributed by atoms with van der Waals surface area (Å²) in [5.41, 5.74) is 2.75. The third-order valence-corrected chi connectivity index (χ3v) is 6.97. The topological polar surface area (TPSA) is 70.5 Å². The molecule has 0 unspecified atom stereocenters. The van der Waals surface area contributed by atoms with E-state index in [0.717, 1.165) is 16.9 Å². The van der Waals surface area contributed by atoms with E-state index in [4.69, 9.17) is 0 Å². The number of aromatic nitrogens is 1. The Morgan fingerprint density at radius 2 is 1.74 bits per heavy atom. The Kier molecular flexibility index (Phi) is 5.49. The van der Waals surface area contributed by atoms with E-state index in [2.05, 4.69) is 18.8 Å². The molecule has 0 radical (unpaired) electrons. The number of hydrogen-bond acceptors (Lipinski definition) is 5. The van der Waals surface area contributed by atoms with Gasteiger partial charge in [0.1, 0.15) is 11.6 Å². The molecule has 1 amide bonds. The molecular weight excluding hydrogens is 451 g/mol. The summed E-state index contributed by atoms with van der Waals surface area (Å²) >= 11 is 1.13. The fourth-order valence-electron chi connectivity index (χ4n) is 4.15. The quantitative estimate of drug-likeness (QED) is 0.219. The maximum atomic E-state index is 13.8. The summed E-state index contributed by atoms with van der Waals surface area (Å²) in [5.74, 6) is -1.91. The number of thiazole rings is 1. The van der Waals surface area contributed by atoms with Gasteiger partial charge in [-0.15, -0.1) is 0 Å². The van der Waals surface area contributed by atoms with Crippen LogP contribution in [-0.4, -0.2) is 21.8 Å². The molecule has 170 valence electrons. The maximum Gasteiger partial charge on any atom is 0.301 e. The van der Waals surface area contributed by atoms with Crippen molar-refractivity contribution in [1.29, 1.82) is 0 Å². The number of amides is 1. The second-order valence-electron chi connectivity index (χ2n) is 8.46. The minimum Gasteiger partial charge on any atom is -0.507 e. The molecule has 1 aliphatic rings. The number of Topliss-reactive ketones (excluding diaryl/α,β-unsaturated/α-hetero) is 1. The van der Waals surface area contributed by atoms with Crippen LogP contribution in [0.4, 0.5) is 9.52 Å². The van der Waals surface area contributed by atoms with Crippen molar-refractivity contribution in [3.8, 4) is 0 Å². The Balaban J connectivity index is 1.72. The lowest BCUT2D eigenvalue weighted by Gasteiger charge is -2.23. The molecule has 0 bridgehead atoms. The zero-order valence-corrected chi connectivity index (χ0v) is 19.3. The highest BCUT2D eigenvalue weighted by atomic mass is 32.1. The van der Waals surface area contributed by atoms with Gasteiger partial charge in [-0.3, -0.25) is 14.5 Å². The van der Waals surface area contributed by atoms with E-state index < -0.39 is 23.5 Å². The van der Waals surface area contributed by atoms with Crippen LogP contribution >= 0.6 is 11.3 Å². The molecule has 3 aromatic carbocycles. The van der Waals surface area contributed by atoms with Gasteiger partial charge in [0.05, 0.1) is 21.8 Å². The first-order valence-electron chi connectivity index (χ1n) is 10.9. The summed E-state index contributed by atoms with van der Waals surface area (Å²) in [6.45, 7) is 4.16. The van der Waals surface area contributed by atoms with Crippen LogP contribution in [0, 0.1) is 5.82 Å². The maximum absolute atomic E-state index is 13.8. The van der Waals surface area contributed by atoms with Crippen LogP contribution in [0.3, 0.4) is 0 Å². The van der Waals surface area contributed by atoms with E-state index >= 15 is 0 Å². The predicted molar refractivity (Wildman–Crippen MR) is 131 cm³/mol. The third-order valence-electron chi connectivity index (χ3n) is 5.96. The molecule has 1 atom stereocenters. The number of benzene rings is 3. The van der Waals surface area contributed by atoms with Gasteiger partial charge in [-0.25, -0.2) is 9.37 Å². The van der Waals surface area contributed by atoms with E-state index in [1.54, 1.807) is 30.3 Å². The lowest BCUT2D eigenvalue weighted by atomic mass is 9.93. The summed E-state index contributed by atoms with van der Waals surface area (Å²) in [4.78, 5) is 32.3. The number of aliphatic hydroxyl groups excluding tert-OH is 1. The average Bonchev–Trinajstić information content (AvgIpc) is 3.37. The standard InChI is InChI=1S/C27H21FN2O3S/c1-15(2)16-8-10-17(11-9-16)23-22(24(31)18-6-4-3-5-7-18)25(32)26(33)30(23)27-29-20-13-12-19(28)14-21(20)34-27/h3-15,23,31H,1-2H3/t23-/m1/s1. The molecule has 4 aromatic rings. The van der Waals surface area contributed by atoms with Crippen molar-refractivity contribution < 1.29 is 19.1 Å². The number of carbonyl (C=O) groups excluding carboxylic acids is 2. The summed E-state index contributed by atoms with van der Waals surface area (Å²) in [6.07, 6.45) is 0. The molecule has 0 spiro atoms. The number of aliphatic hydroxyl groups is 1. The SMILES string of the molecule is CC(C)c1ccc([C@@H]2C(=C(O)c3ccccc3)C(=O)C(=O)N2c2nc3ccc(F)cc3s2)cc1. The van der Waals surface area contributed by atoms with E-state index in [9.17, 15) is 19.1 Å². The number of halogens is 1. The minimum absolute atomic E-state index is 0.000987. The van der Waals surface area contributed by atoms with E-state index in [-0.39, 0.29) is 16.5 Å². The van der Waals surface area contributed by atoms with Gasteiger partial charge in [-0.05, 0) is 35.2 Å². The number of fused-ring (bicyclic) bond motifs is 1. The van der Waals surface area contributed by atoms with Crippen LogP contribution in [0.2, 0.25) is 0 Å². The van der Waals surface area contributed by atoms with Gasteiger partial charge in [0.25, 0.3) is 5.78 Å². The molecule has 7 heteroatoms. The molecule has 1 aromatic heterocycles. The fourth-order valence-corrected chi connectivity index (χ4v) is 5.17. The highest BCUT2D eigenvalue weighted by Crippen LogP contribution is 2.44. The molecule has 5 nitrogen and oxygen atoms in total. The molecular formula is C27H21FN2O3S. The van der Waals surface area contributed by atoms with Gasteiger partial charge in [-0.2, -0.15) is 0 Å². The van der Waals surface area contributed by atoms with Crippen LogP contribution in [-0.2, 0) is 9.59 Å². The highest BCUT2D eigenvalue weighted by Gasteiger charge is 2.48. The average molecular weight is 473 g/mol. The first-order valence-corrected chi connectivity index (χ1v) is 11.7. The molecule has 1 N–H and O–H groups in total. The Morgan fingerprint density at radius 3 is 2.41 bits per heavy atom. The molecule has 0 saturated carbocycles. The van der Waals surface area contributed by atoms with Gasteiger partial charge in [0, 0.05) is 5.56 Å². The predicted octanol–water partition coefficient (Wildman–Crippen LogP) is 6.19. The first kappa shape index (κ1) is 22.0. The fraction of sp³-hybridized carbons (Fsp3) is 0.148. The summed E-state index contributed by atoms with van der Waals surface area (Å²) in [5, 5.41) is 11.4. The van der Waals surface area contributed by atoms with E-state index in [1.165, 1.54) is 23.1 Å². The number of ketones is 1. The second kappa shape index (κ2) is 8.50. The molecule has 1 aliphatic heterocycles. The largest absolute Gasteiger partial charge is 0.507 e. The molecule has 1 saturated heterocycles. The molecule has 1 fully saturated rings. The van der Waals surface area contributed by atoms with E-state index in [0.29, 0.717) is 27.3 Å². The number of carbonyl (C=O) groups is 2. The van der Waals surface area contributed by atoms with E-state index in [1.807, 2.05) is 24.3 Å². The molecule has 34 heavy (non-hydrogen) atoms. The van der Waals surface area contributed by atoms with Crippen LogP contribution in [0.5, 0.6) is 0 Å². The van der Waals surface area contributed by atoms with Gasteiger partial charge < -0.3 is 5.11 Å². The van der Waals surface area contributed by atoms with Crippen LogP contribution in [0.1, 0.15) is 42.5 Å². The lowest BCUT2D eigenvalue weighted by Crippen LogP contribution is -2.29. The number of nitrogens with zero attached hydrogens (tertiary/aromatic N) is 2.